The predicted octanol–water partition coefficient (Wildman–Crippen LogP) is 4.61. The summed E-state index contributed by atoms with van der Waals surface area (Å²) in [5, 5.41) is 0. The smallest absolute Gasteiger partial charge is 0.223 e. The van der Waals surface area contributed by atoms with Gasteiger partial charge in [-0.05, 0) is 75.6 Å². The first kappa shape index (κ1) is 19.2. The molecular weight excluding hydrogens is 296 g/mol. The zero-order chi connectivity index (χ0) is 17.5. The number of carbonyl (C=O) groups is 1. The summed E-state index contributed by atoms with van der Waals surface area (Å²) >= 11 is 0. The zero-order valence-electron chi connectivity index (χ0n) is 16.2. The highest BCUT2D eigenvalue weighted by atomic mass is 16.2. The van der Waals surface area contributed by atoms with Crippen molar-refractivity contribution in [1.82, 2.24) is 9.80 Å². The summed E-state index contributed by atoms with van der Waals surface area (Å²) in [4.78, 5) is 16.8. The molecule has 0 unspecified atom stereocenters. The van der Waals surface area contributed by atoms with Gasteiger partial charge in [0.2, 0.25) is 5.91 Å². The fourth-order valence-electron chi connectivity index (χ4n) is 3.95. The molecule has 0 aromatic heterocycles. The van der Waals surface area contributed by atoms with Crippen molar-refractivity contribution in [1.29, 1.82) is 0 Å². The van der Waals surface area contributed by atoms with Gasteiger partial charge in [0.05, 0.1) is 0 Å². The summed E-state index contributed by atoms with van der Waals surface area (Å²) in [6.07, 6.45) is 11.5. The monoisotopic (exact) mass is 332 g/mol. The Kier molecular flexibility index (Phi) is 7.54. The van der Waals surface area contributed by atoms with E-state index < -0.39 is 0 Å². The van der Waals surface area contributed by atoms with Crippen LogP contribution in [0.1, 0.15) is 66.2 Å². The highest BCUT2D eigenvalue weighted by molar-refractivity contribution is 5.75. The van der Waals surface area contributed by atoms with E-state index in [0.29, 0.717) is 5.92 Å². The van der Waals surface area contributed by atoms with E-state index in [9.17, 15) is 4.79 Å². The number of hydrogen-bond acceptors (Lipinski definition) is 2. The van der Waals surface area contributed by atoms with E-state index in [1.54, 1.807) is 6.92 Å². The van der Waals surface area contributed by atoms with Crippen LogP contribution in [0.5, 0.6) is 0 Å². The van der Waals surface area contributed by atoms with Gasteiger partial charge in [0.1, 0.15) is 0 Å². The van der Waals surface area contributed by atoms with Gasteiger partial charge in [0, 0.05) is 19.2 Å². The molecule has 0 saturated carbocycles. The molecule has 1 saturated heterocycles. The molecule has 0 aromatic carbocycles. The molecule has 0 atom stereocenters. The van der Waals surface area contributed by atoms with Crippen molar-refractivity contribution in [3.8, 4) is 0 Å². The quantitative estimate of drug-likeness (QED) is 0.680. The Bertz CT molecular complexity index is 470. The second-order valence-electron chi connectivity index (χ2n) is 7.81. The van der Waals surface area contributed by atoms with Crippen molar-refractivity contribution < 1.29 is 4.79 Å². The number of nitrogens with zero attached hydrogens (tertiary/aromatic N) is 2. The van der Waals surface area contributed by atoms with Gasteiger partial charge in [-0.1, -0.05) is 32.9 Å². The van der Waals surface area contributed by atoms with Crippen molar-refractivity contribution in [2.75, 3.05) is 26.2 Å². The SMILES string of the molecule is CCCN(C(C)=O)C1=C(C2CCN(CCC(C)C)CC2)C=CCC1. The van der Waals surface area contributed by atoms with Crippen LogP contribution in [0.25, 0.3) is 0 Å². The number of allylic oxidation sites excluding steroid dienone is 4. The Balaban J connectivity index is 2.05. The molecule has 1 heterocycles. The molecule has 3 nitrogen and oxygen atoms in total. The van der Waals surface area contributed by atoms with E-state index in [-0.39, 0.29) is 5.91 Å². The van der Waals surface area contributed by atoms with Crippen LogP contribution < -0.4 is 0 Å². The van der Waals surface area contributed by atoms with Gasteiger partial charge in [0.15, 0.2) is 0 Å². The Morgan fingerprint density at radius 1 is 1.33 bits per heavy atom. The molecule has 0 aromatic rings. The maximum Gasteiger partial charge on any atom is 0.223 e. The normalized spacial score (nSPS) is 20.0. The summed E-state index contributed by atoms with van der Waals surface area (Å²) in [5.74, 6) is 1.62. The molecule has 3 heteroatoms. The van der Waals surface area contributed by atoms with Gasteiger partial charge in [0.25, 0.3) is 0 Å². The molecule has 24 heavy (non-hydrogen) atoms. The van der Waals surface area contributed by atoms with Crippen molar-refractivity contribution in [2.45, 2.75) is 66.2 Å². The van der Waals surface area contributed by atoms with Crippen molar-refractivity contribution in [3.63, 3.8) is 0 Å². The first-order valence-electron chi connectivity index (χ1n) is 9.93. The fourth-order valence-corrected chi connectivity index (χ4v) is 3.95. The lowest BCUT2D eigenvalue weighted by molar-refractivity contribution is -0.127. The summed E-state index contributed by atoms with van der Waals surface area (Å²) in [5.41, 5.74) is 2.76. The van der Waals surface area contributed by atoms with Gasteiger partial charge in [-0.25, -0.2) is 0 Å². The fraction of sp³-hybridized carbons (Fsp3) is 0.762. The number of rotatable bonds is 7. The van der Waals surface area contributed by atoms with E-state index in [1.165, 1.54) is 50.2 Å². The number of piperidine rings is 1. The Morgan fingerprint density at radius 3 is 2.62 bits per heavy atom. The molecule has 2 rings (SSSR count). The van der Waals surface area contributed by atoms with Gasteiger partial charge in [-0.3, -0.25) is 4.79 Å². The van der Waals surface area contributed by atoms with Gasteiger partial charge in [-0.15, -0.1) is 0 Å². The summed E-state index contributed by atoms with van der Waals surface area (Å²) < 4.78 is 0. The van der Waals surface area contributed by atoms with Gasteiger partial charge < -0.3 is 9.80 Å². The standard InChI is InChI=1S/C21H36N2O/c1-5-13-23(18(4)24)21-9-7-6-8-20(21)19-11-15-22(16-12-19)14-10-17(2)3/h6,8,17,19H,5,7,9-16H2,1-4H3. The van der Waals surface area contributed by atoms with Gasteiger partial charge >= 0.3 is 0 Å². The third-order valence-corrected chi connectivity index (χ3v) is 5.38. The van der Waals surface area contributed by atoms with Crippen molar-refractivity contribution in [3.05, 3.63) is 23.4 Å². The number of carbonyl (C=O) groups excluding carboxylic acids is 1. The molecular formula is C21H36N2O. The molecule has 1 aliphatic heterocycles. The lowest BCUT2D eigenvalue weighted by atomic mass is 9.84. The summed E-state index contributed by atoms with van der Waals surface area (Å²) in [6.45, 7) is 13.0. The molecule has 1 fully saturated rings. The Hall–Kier alpha value is -1.09. The van der Waals surface area contributed by atoms with Crippen molar-refractivity contribution >= 4 is 5.91 Å². The molecule has 0 spiro atoms. The molecule has 136 valence electrons. The second kappa shape index (κ2) is 9.41. The van der Waals surface area contributed by atoms with E-state index in [4.69, 9.17) is 0 Å². The lowest BCUT2D eigenvalue weighted by Gasteiger charge is -2.36. The molecule has 0 radical (unpaired) electrons. The van der Waals surface area contributed by atoms with Gasteiger partial charge in [-0.2, -0.15) is 0 Å². The van der Waals surface area contributed by atoms with E-state index in [2.05, 4.69) is 37.8 Å². The van der Waals surface area contributed by atoms with Crippen LogP contribution in [-0.4, -0.2) is 41.9 Å². The predicted molar refractivity (Wildman–Crippen MR) is 102 cm³/mol. The molecule has 0 bridgehead atoms. The van der Waals surface area contributed by atoms with Crippen LogP contribution >= 0.6 is 0 Å². The average Bonchev–Trinajstić information content (AvgIpc) is 2.58. The third-order valence-electron chi connectivity index (χ3n) is 5.38. The summed E-state index contributed by atoms with van der Waals surface area (Å²) in [6, 6.07) is 0. The zero-order valence-corrected chi connectivity index (χ0v) is 16.2. The van der Waals surface area contributed by atoms with Crippen LogP contribution in [-0.2, 0) is 4.79 Å². The number of amides is 1. The number of likely N-dealkylation sites (tertiary alicyclic amines) is 1. The molecule has 1 amide bonds. The minimum absolute atomic E-state index is 0.203. The van der Waals surface area contributed by atoms with Crippen LogP contribution in [0.15, 0.2) is 23.4 Å². The Morgan fingerprint density at radius 2 is 2.04 bits per heavy atom. The maximum absolute atomic E-state index is 12.1. The Labute approximate surface area is 148 Å². The minimum Gasteiger partial charge on any atom is -0.316 e. The second-order valence-corrected chi connectivity index (χ2v) is 7.81. The van der Waals surface area contributed by atoms with Crippen LogP contribution in [0.3, 0.4) is 0 Å². The highest BCUT2D eigenvalue weighted by Gasteiger charge is 2.27. The first-order chi connectivity index (χ1) is 11.5. The van der Waals surface area contributed by atoms with E-state index in [1.807, 2.05) is 4.90 Å². The maximum atomic E-state index is 12.1. The summed E-state index contributed by atoms with van der Waals surface area (Å²) in [7, 11) is 0. The highest BCUT2D eigenvalue weighted by Crippen LogP contribution is 2.33. The topological polar surface area (TPSA) is 23.6 Å². The van der Waals surface area contributed by atoms with Crippen LogP contribution in [0.4, 0.5) is 0 Å². The number of hydrogen-bond donors (Lipinski definition) is 0. The van der Waals surface area contributed by atoms with E-state index in [0.717, 1.165) is 31.7 Å². The first-order valence-corrected chi connectivity index (χ1v) is 9.93. The van der Waals surface area contributed by atoms with Crippen molar-refractivity contribution in [2.24, 2.45) is 11.8 Å². The van der Waals surface area contributed by atoms with Crippen LogP contribution in [0, 0.1) is 11.8 Å². The molecule has 0 N–H and O–H groups in total. The molecule has 2 aliphatic rings. The largest absolute Gasteiger partial charge is 0.316 e. The average molecular weight is 333 g/mol. The minimum atomic E-state index is 0.203. The third kappa shape index (κ3) is 5.20. The van der Waals surface area contributed by atoms with Crippen LogP contribution in [0.2, 0.25) is 0 Å². The molecule has 1 aliphatic carbocycles. The van der Waals surface area contributed by atoms with E-state index >= 15 is 0 Å². The lowest BCUT2D eigenvalue weighted by Crippen LogP contribution is -2.37.